The van der Waals surface area contributed by atoms with E-state index in [0.717, 1.165) is 18.3 Å². The topological polar surface area (TPSA) is 29.1 Å². The zero-order valence-corrected chi connectivity index (χ0v) is 13.3. The van der Waals surface area contributed by atoms with E-state index in [0.29, 0.717) is 18.4 Å². The second-order valence-corrected chi connectivity index (χ2v) is 7.25. The summed E-state index contributed by atoms with van der Waals surface area (Å²) in [6.07, 6.45) is 6.76. The Bertz CT molecular complexity index is 491. The molecule has 2 fully saturated rings. The van der Waals surface area contributed by atoms with Crippen LogP contribution in [0, 0.1) is 11.8 Å². The fourth-order valence-electron chi connectivity index (χ4n) is 4.03. The van der Waals surface area contributed by atoms with E-state index in [1.807, 2.05) is 0 Å². The van der Waals surface area contributed by atoms with Gasteiger partial charge in [0.15, 0.2) is 0 Å². The van der Waals surface area contributed by atoms with E-state index in [-0.39, 0.29) is 5.91 Å². The number of nitrogens with one attached hydrogen (secondary N) is 1. The van der Waals surface area contributed by atoms with Crippen molar-refractivity contribution in [3.63, 3.8) is 0 Å². The standard InChI is InChI=1S/C19H27NO/c1-13(2)16-7-3-14(4-8-16)6-10-19(21)20-18-12-15-5-9-17(18)11-15/h3-4,7-8,13,15,17-18H,5-6,9-12H2,1-2H3,(H,20,21)/t15-,17+,18+/m0/s1. The lowest BCUT2D eigenvalue weighted by Crippen LogP contribution is -2.38. The maximum absolute atomic E-state index is 12.1. The Hall–Kier alpha value is -1.31. The summed E-state index contributed by atoms with van der Waals surface area (Å²) in [5.74, 6) is 2.47. The molecule has 21 heavy (non-hydrogen) atoms. The Morgan fingerprint density at radius 2 is 1.95 bits per heavy atom. The second-order valence-electron chi connectivity index (χ2n) is 7.25. The van der Waals surface area contributed by atoms with Crippen LogP contribution in [-0.2, 0) is 11.2 Å². The fourth-order valence-corrected chi connectivity index (χ4v) is 4.03. The Morgan fingerprint density at radius 3 is 2.52 bits per heavy atom. The number of aryl methyl sites for hydroxylation is 1. The van der Waals surface area contributed by atoms with Gasteiger partial charge in [-0.1, -0.05) is 44.5 Å². The molecule has 0 unspecified atom stereocenters. The molecule has 2 bridgehead atoms. The summed E-state index contributed by atoms with van der Waals surface area (Å²) in [5.41, 5.74) is 2.63. The van der Waals surface area contributed by atoms with Crippen LogP contribution >= 0.6 is 0 Å². The minimum atomic E-state index is 0.237. The number of benzene rings is 1. The van der Waals surface area contributed by atoms with Crippen LogP contribution in [-0.4, -0.2) is 11.9 Å². The lowest BCUT2D eigenvalue weighted by atomic mass is 9.95. The first-order valence-electron chi connectivity index (χ1n) is 8.50. The number of hydrogen-bond donors (Lipinski definition) is 1. The highest BCUT2D eigenvalue weighted by Gasteiger charge is 2.39. The lowest BCUT2D eigenvalue weighted by Gasteiger charge is -2.22. The summed E-state index contributed by atoms with van der Waals surface area (Å²) in [7, 11) is 0. The first-order valence-corrected chi connectivity index (χ1v) is 8.50. The van der Waals surface area contributed by atoms with Gasteiger partial charge < -0.3 is 5.32 Å². The highest BCUT2D eigenvalue weighted by Crippen LogP contribution is 2.44. The Labute approximate surface area is 128 Å². The number of carbonyl (C=O) groups is 1. The van der Waals surface area contributed by atoms with Crippen LogP contribution in [0.4, 0.5) is 0 Å². The average Bonchev–Trinajstić information content (AvgIpc) is 3.08. The van der Waals surface area contributed by atoms with Crippen LogP contribution in [0.25, 0.3) is 0 Å². The van der Waals surface area contributed by atoms with Gasteiger partial charge in [-0.25, -0.2) is 0 Å². The molecule has 1 amide bonds. The molecule has 2 aliphatic carbocycles. The molecule has 2 aliphatic rings. The molecule has 1 aromatic carbocycles. The van der Waals surface area contributed by atoms with E-state index in [9.17, 15) is 4.79 Å². The molecule has 0 spiro atoms. The Balaban J connectivity index is 1.45. The number of amides is 1. The predicted molar refractivity (Wildman–Crippen MR) is 86.2 cm³/mol. The molecule has 2 saturated carbocycles. The van der Waals surface area contributed by atoms with Crippen LogP contribution < -0.4 is 5.32 Å². The van der Waals surface area contributed by atoms with Crippen LogP contribution in [0.5, 0.6) is 0 Å². The van der Waals surface area contributed by atoms with Crippen molar-refractivity contribution >= 4 is 5.91 Å². The molecule has 2 heteroatoms. The predicted octanol–water partition coefficient (Wildman–Crippen LogP) is 4.05. The number of fused-ring (bicyclic) bond motifs is 2. The molecule has 0 radical (unpaired) electrons. The largest absolute Gasteiger partial charge is 0.353 e. The molecular formula is C19H27NO. The normalized spacial score (nSPS) is 27.3. The minimum Gasteiger partial charge on any atom is -0.353 e. The smallest absolute Gasteiger partial charge is 0.220 e. The summed E-state index contributed by atoms with van der Waals surface area (Å²) in [6.45, 7) is 4.41. The maximum atomic E-state index is 12.1. The van der Waals surface area contributed by atoms with Gasteiger partial charge in [-0.15, -0.1) is 0 Å². The highest BCUT2D eigenvalue weighted by atomic mass is 16.1. The molecule has 1 aromatic rings. The van der Waals surface area contributed by atoms with Crippen LogP contribution in [0.3, 0.4) is 0 Å². The summed E-state index contributed by atoms with van der Waals surface area (Å²) < 4.78 is 0. The van der Waals surface area contributed by atoms with Crippen LogP contribution in [0.2, 0.25) is 0 Å². The number of rotatable bonds is 5. The van der Waals surface area contributed by atoms with Crippen molar-refractivity contribution in [1.82, 2.24) is 5.32 Å². The van der Waals surface area contributed by atoms with Crippen molar-refractivity contribution in [3.8, 4) is 0 Å². The molecule has 0 heterocycles. The van der Waals surface area contributed by atoms with Gasteiger partial charge >= 0.3 is 0 Å². The third-order valence-corrected chi connectivity index (χ3v) is 5.37. The van der Waals surface area contributed by atoms with E-state index in [1.54, 1.807) is 0 Å². The van der Waals surface area contributed by atoms with E-state index in [4.69, 9.17) is 0 Å². The van der Waals surface area contributed by atoms with Gasteiger partial charge in [0.25, 0.3) is 0 Å². The first-order chi connectivity index (χ1) is 10.1. The Morgan fingerprint density at radius 1 is 1.19 bits per heavy atom. The van der Waals surface area contributed by atoms with Crippen molar-refractivity contribution < 1.29 is 4.79 Å². The van der Waals surface area contributed by atoms with Crippen molar-refractivity contribution in [2.75, 3.05) is 0 Å². The number of carbonyl (C=O) groups excluding carboxylic acids is 1. The lowest BCUT2D eigenvalue weighted by molar-refractivity contribution is -0.122. The second kappa shape index (κ2) is 6.21. The SMILES string of the molecule is CC(C)c1ccc(CCC(=O)N[C@@H]2C[C@H]3CC[C@@H]2C3)cc1. The summed E-state index contributed by atoms with van der Waals surface area (Å²) in [4.78, 5) is 12.1. The Kier molecular flexibility index (Phi) is 4.32. The molecule has 1 N–H and O–H groups in total. The van der Waals surface area contributed by atoms with Gasteiger partial charge in [0, 0.05) is 12.5 Å². The molecule has 3 rings (SSSR count). The van der Waals surface area contributed by atoms with Gasteiger partial charge in [0.05, 0.1) is 0 Å². The fraction of sp³-hybridized carbons (Fsp3) is 0.632. The van der Waals surface area contributed by atoms with Gasteiger partial charge in [0.1, 0.15) is 0 Å². The van der Waals surface area contributed by atoms with Gasteiger partial charge in [-0.3, -0.25) is 4.79 Å². The van der Waals surface area contributed by atoms with Gasteiger partial charge in [-0.2, -0.15) is 0 Å². The number of hydrogen-bond acceptors (Lipinski definition) is 1. The third-order valence-electron chi connectivity index (χ3n) is 5.37. The zero-order valence-electron chi connectivity index (χ0n) is 13.3. The van der Waals surface area contributed by atoms with E-state index in [1.165, 1.54) is 36.8 Å². The summed E-state index contributed by atoms with van der Waals surface area (Å²) in [6, 6.07) is 9.18. The molecule has 0 aromatic heterocycles. The van der Waals surface area contributed by atoms with Crippen molar-refractivity contribution in [2.24, 2.45) is 11.8 Å². The van der Waals surface area contributed by atoms with E-state index in [2.05, 4.69) is 43.4 Å². The van der Waals surface area contributed by atoms with E-state index >= 15 is 0 Å². The average molecular weight is 285 g/mol. The quantitative estimate of drug-likeness (QED) is 0.869. The van der Waals surface area contributed by atoms with Crippen LogP contribution in [0.15, 0.2) is 24.3 Å². The summed E-state index contributed by atoms with van der Waals surface area (Å²) >= 11 is 0. The molecule has 3 atom stereocenters. The van der Waals surface area contributed by atoms with E-state index < -0.39 is 0 Å². The van der Waals surface area contributed by atoms with Crippen molar-refractivity contribution in [2.45, 2.75) is 64.3 Å². The highest BCUT2D eigenvalue weighted by molar-refractivity contribution is 5.76. The van der Waals surface area contributed by atoms with Crippen molar-refractivity contribution in [3.05, 3.63) is 35.4 Å². The zero-order chi connectivity index (χ0) is 14.8. The van der Waals surface area contributed by atoms with Gasteiger partial charge in [-0.05, 0) is 54.6 Å². The molecule has 0 saturated heterocycles. The van der Waals surface area contributed by atoms with Gasteiger partial charge in [0.2, 0.25) is 5.91 Å². The third kappa shape index (κ3) is 3.48. The minimum absolute atomic E-state index is 0.237. The first kappa shape index (κ1) is 14.6. The maximum Gasteiger partial charge on any atom is 0.220 e. The molecule has 114 valence electrons. The molecule has 2 nitrogen and oxygen atoms in total. The summed E-state index contributed by atoms with van der Waals surface area (Å²) in [5, 5.41) is 3.27. The monoisotopic (exact) mass is 285 g/mol. The molecular weight excluding hydrogens is 258 g/mol. The van der Waals surface area contributed by atoms with Crippen LogP contribution in [0.1, 0.15) is 63.0 Å². The van der Waals surface area contributed by atoms with Crippen molar-refractivity contribution in [1.29, 1.82) is 0 Å². The molecule has 0 aliphatic heterocycles.